The second-order valence-electron chi connectivity index (χ2n) is 7.62. The van der Waals surface area contributed by atoms with Crippen LogP contribution in [-0.4, -0.2) is 16.9 Å². The Bertz CT molecular complexity index is 1340. The maximum Gasteiger partial charge on any atom is 0.416 e. The van der Waals surface area contributed by atoms with E-state index in [9.17, 15) is 18.0 Å². The molecule has 168 valence electrons. The summed E-state index contributed by atoms with van der Waals surface area (Å²) in [6, 6.07) is 12.0. The summed E-state index contributed by atoms with van der Waals surface area (Å²) in [7, 11) is 1.59. The van der Waals surface area contributed by atoms with Crippen molar-refractivity contribution in [2.24, 2.45) is 0 Å². The van der Waals surface area contributed by atoms with Gasteiger partial charge in [-0.05, 0) is 54.1 Å². The molecule has 0 atom stereocenters. The number of alkyl halides is 3. The third-order valence-corrected chi connectivity index (χ3v) is 5.56. The Morgan fingerprint density at radius 1 is 1.03 bits per heavy atom. The topological polar surface area (TPSA) is 62.3 Å². The van der Waals surface area contributed by atoms with Crippen LogP contribution in [-0.2, 0) is 12.7 Å². The number of fused-ring (bicyclic) bond motifs is 3. The van der Waals surface area contributed by atoms with Crippen LogP contribution in [0, 0.1) is 0 Å². The highest BCUT2D eigenvalue weighted by atomic mass is 19.4. The molecule has 3 aromatic rings. The molecule has 9 heteroatoms. The van der Waals surface area contributed by atoms with Gasteiger partial charge in [-0.25, -0.2) is 4.68 Å². The van der Waals surface area contributed by atoms with Crippen LogP contribution < -0.4 is 20.5 Å². The number of halogens is 3. The minimum atomic E-state index is -4.45. The molecule has 0 bridgehead atoms. The van der Waals surface area contributed by atoms with Gasteiger partial charge >= 0.3 is 6.18 Å². The molecule has 0 spiro atoms. The number of dihydropyridines is 1. The van der Waals surface area contributed by atoms with Gasteiger partial charge in [0, 0.05) is 24.5 Å². The van der Waals surface area contributed by atoms with Crippen LogP contribution in [0.5, 0.6) is 5.75 Å². The predicted octanol–water partition coefficient (Wildman–Crippen LogP) is 4.55. The van der Waals surface area contributed by atoms with Gasteiger partial charge in [0.05, 0.1) is 29.8 Å². The molecule has 2 aromatic carbocycles. The number of benzene rings is 2. The molecule has 0 saturated carbocycles. The molecular formula is C24H19F3N4O2. The largest absolute Gasteiger partial charge is 0.497 e. The molecule has 2 aliphatic rings. The van der Waals surface area contributed by atoms with E-state index in [4.69, 9.17) is 4.74 Å². The molecule has 0 unspecified atom stereocenters. The summed E-state index contributed by atoms with van der Waals surface area (Å²) in [6.07, 6.45) is 2.89. The van der Waals surface area contributed by atoms with Crippen molar-refractivity contribution >= 4 is 11.3 Å². The molecule has 0 aliphatic carbocycles. The molecule has 1 aromatic heterocycles. The third kappa shape index (κ3) is 3.71. The fraction of sp³-hybridized carbons (Fsp3) is 0.125. The van der Waals surface area contributed by atoms with Crippen LogP contribution in [0.2, 0.25) is 0 Å². The zero-order chi connectivity index (χ0) is 23.2. The van der Waals surface area contributed by atoms with Crippen LogP contribution in [0.1, 0.15) is 16.8 Å². The summed E-state index contributed by atoms with van der Waals surface area (Å²) in [5, 5.41) is 6.27. The van der Waals surface area contributed by atoms with Crippen LogP contribution in [0.3, 0.4) is 0 Å². The van der Waals surface area contributed by atoms with Gasteiger partial charge in [-0.3, -0.25) is 9.89 Å². The van der Waals surface area contributed by atoms with Gasteiger partial charge in [-0.1, -0.05) is 12.1 Å². The zero-order valence-electron chi connectivity index (χ0n) is 17.5. The van der Waals surface area contributed by atoms with E-state index in [-0.39, 0.29) is 5.56 Å². The SMILES string of the molecule is COc1ccc(CN2C=C3NC=CC=C3c3[nH]n(-c4ccc(C(F)(F)F)cc4)c(=O)c32)cc1. The smallest absolute Gasteiger partial charge is 0.416 e. The van der Waals surface area contributed by atoms with Gasteiger partial charge in [0.1, 0.15) is 11.4 Å². The molecule has 3 heterocycles. The molecule has 2 aliphatic heterocycles. The number of aromatic amines is 1. The van der Waals surface area contributed by atoms with Crippen molar-refractivity contribution in [2.75, 3.05) is 12.0 Å². The molecule has 5 rings (SSSR count). The van der Waals surface area contributed by atoms with E-state index in [0.29, 0.717) is 23.6 Å². The van der Waals surface area contributed by atoms with Crippen molar-refractivity contribution in [3.05, 3.63) is 106 Å². The Kier molecular flexibility index (Phi) is 4.88. The first-order chi connectivity index (χ1) is 15.8. The van der Waals surface area contributed by atoms with Crippen LogP contribution in [0.25, 0.3) is 11.3 Å². The van der Waals surface area contributed by atoms with Crippen molar-refractivity contribution in [2.45, 2.75) is 12.7 Å². The lowest BCUT2D eigenvalue weighted by Crippen LogP contribution is -2.29. The summed E-state index contributed by atoms with van der Waals surface area (Å²) >= 11 is 0. The highest BCUT2D eigenvalue weighted by molar-refractivity contribution is 5.89. The van der Waals surface area contributed by atoms with Crippen LogP contribution >= 0.6 is 0 Å². The minimum absolute atomic E-state index is 0.313. The number of methoxy groups -OCH3 is 1. The fourth-order valence-electron chi connectivity index (χ4n) is 3.91. The third-order valence-electron chi connectivity index (χ3n) is 5.56. The Morgan fingerprint density at radius 2 is 1.76 bits per heavy atom. The number of H-pyrrole nitrogens is 1. The number of nitrogens with zero attached hydrogens (tertiary/aromatic N) is 2. The fourth-order valence-corrected chi connectivity index (χ4v) is 3.91. The van der Waals surface area contributed by atoms with Crippen molar-refractivity contribution in [1.29, 1.82) is 0 Å². The first-order valence-electron chi connectivity index (χ1n) is 10.1. The molecular weight excluding hydrogens is 433 g/mol. The second kappa shape index (κ2) is 7.77. The standard InChI is InChI=1S/C24H19F3N4O2/c1-33-18-10-4-15(5-11-18)13-30-14-20-19(3-2-12-28-20)21-22(30)23(32)31(29-21)17-8-6-16(7-9-17)24(25,26)27/h2-12,14,28-29H,13H2,1H3. The lowest BCUT2D eigenvalue weighted by molar-refractivity contribution is -0.137. The van der Waals surface area contributed by atoms with Crippen LogP contribution in [0.15, 0.2) is 83.6 Å². The highest BCUT2D eigenvalue weighted by Crippen LogP contribution is 2.36. The summed E-state index contributed by atoms with van der Waals surface area (Å²) in [5.74, 6) is 0.729. The van der Waals surface area contributed by atoms with Gasteiger partial charge in [-0.2, -0.15) is 13.2 Å². The highest BCUT2D eigenvalue weighted by Gasteiger charge is 2.31. The van der Waals surface area contributed by atoms with Crippen molar-refractivity contribution < 1.29 is 17.9 Å². The second-order valence-corrected chi connectivity index (χ2v) is 7.62. The lowest BCUT2D eigenvalue weighted by atomic mass is 10.0. The van der Waals surface area contributed by atoms with E-state index in [0.717, 1.165) is 34.7 Å². The summed E-state index contributed by atoms with van der Waals surface area (Å²) in [4.78, 5) is 15.3. The number of rotatable bonds is 4. The Morgan fingerprint density at radius 3 is 2.42 bits per heavy atom. The van der Waals surface area contributed by atoms with E-state index >= 15 is 0 Å². The monoisotopic (exact) mass is 452 g/mol. The quantitative estimate of drug-likeness (QED) is 0.610. The molecule has 0 fully saturated rings. The van der Waals surface area contributed by atoms with E-state index < -0.39 is 11.7 Å². The summed E-state index contributed by atoms with van der Waals surface area (Å²) in [5.41, 5.74) is 2.74. The van der Waals surface area contributed by atoms with E-state index in [2.05, 4.69) is 10.4 Å². The average Bonchev–Trinajstić information content (AvgIpc) is 3.17. The van der Waals surface area contributed by atoms with Gasteiger partial charge < -0.3 is 15.0 Å². The van der Waals surface area contributed by atoms with Crippen molar-refractivity contribution in [3.8, 4) is 11.4 Å². The first-order valence-corrected chi connectivity index (χ1v) is 10.1. The average molecular weight is 452 g/mol. The normalized spacial score (nSPS) is 14.7. The molecule has 6 nitrogen and oxygen atoms in total. The lowest BCUT2D eigenvalue weighted by Gasteiger charge is -2.28. The predicted molar refractivity (Wildman–Crippen MR) is 119 cm³/mol. The van der Waals surface area contributed by atoms with Crippen molar-refractivity contribution in [1.82, 2.24) is 15.1 Å². The molecule has 33 heavy (non-hydrogen) atoms. The number of aromatic nitrogens is 2. The molecule has 2 N–H and O–H groups in total. The number of nitrogens with one attached hydrogen (secondary N) is 2. The van der Waals surface area contributed by atoms with Gasteiger partial charge in [0.25, 0.3) is 5.56 Å². The Hall–Kier alpha value is -4.14. The number of hydrogen-bond acceptors (Lipinski definition) is 4. The van der Waals surface area contributed by atoms with Gasteiger partial charge in [0.15, 0.2) is 0 Å². The van der Waals surface area contributed by atoms with Crippen LogP contribution in [0.4, 0.5) is 18.9 Å². The first kappa shape index (κ1) is 20.7. The zero-order valence-corrected chi connectivity index (χ0v) is 17.5. The number of hydrogen-bond donors (Lipinski definition) is 2. The minimum Gasteiger partial charge on any atom is -0.497 e. The van der Waals surface area contributed by atoms with Gasteiger partial charge in [0.2, 0.25) is 0 Å². The molecule has 0 radical (unpaired) electrons. The van der Waals surface area contributed by atoms with E-state index in [1.54, 1.807) is 13.3 Å². The number of ether oxygens (including phenoxy) is 1. The maximum atomic E-state index is 13.4. The summed E-state index contributed by atoms with van der Waals surface area (Å²) < 4.78 is 45.4. The van der Waals surface area contributed by atoms with Crippen molar-refractivity contribution in [3.63, 3.8) is 0 Å². The van der Waals surface area contributed by atoms with E-state index in [1.165, 1.54) is 16.8 Å². The Balaban J connectivity index is 1.58. The number of allylic oxidation sites excluding steroid dienone is 3. The molecule has 0 saturated heterocycles. The summed E-state index contributed by atoms with van der Waals surface area (Å²) in [6.45, 7) is 0.416. The Labute approximate surface area is 186 Å². The maximum absolute atomic E-state index is 13.4. The van der Waals surface area contributed by atoms with E-state index in [1.807, 2.05) is 47.5 Å². The molecule has 0 amide bonds. The van der Waals surface area contributed by atoms with Gasteiger partial charge in [-0.15, -0.1) is 0 Å². The number of anilines is 1.